The largest absolute Gasteiger partial charge is 0.481 e. The number of hydrogen-bond acceptors (Lipinski definition) is 2. The van der Waals surface area contributed by atoms with Gasteiger partial charge in [-0.05, 0) is 40.9 Å². The van der Waals surface area contributed by atoms with E-state index in [1.807, 2.05) is 13.0 Å². The predicted octanol–water partition coefficient (Wildman–Crippen LogP) is 2.42. The molecule has 1 unspecified atom stereocenters. The highest BCUT2D eigenvalue weighted by molar-refractivity contribution is 9.10. The van der Waals surface area contributed by atoms with Crippen LogP contribution in [0.4, 0.5) is 0 Å². The van der Waals surface area contributed by atoms with Crippen molar-refractivity contribution in [1.29, 1.82) is 0 Å². The van der Waals surface area contributed by atoms with Gasteiger partial charge in [0.1, 0.15) is 0 Å². The van der Waals surface area contributed by atoms with Crippen molar-refractivity contribution in [3.8, 4) is 0 Å². The lowest BCUT2D eigenvalue weighted by molar-refractivity contribution is -0.141. The fourth-order valence-electron chi connectivity index (χ4n) is 1.10. The van der Waals surface area contributed by atoms with Crippen LogP contribution < -0.4 is 0 Å². The van der Waals surface area contributed by atoms with Crippen LogP contribution in [0.1, 0.15) is 18.2 Å². The smallest absolute Gasteiger partial charge is 0.306 e. The molecule has 1 N–H and O–H groups in total. The molecule has 14 heavy (non-hydrogen) atoms. The molecule has 0 aromatic carbocycles. The third-order valence-electron chi connectivity index (χ3n) is 2.05. The van der Waals surface area contributed by atoms with E-state index in [-0.39, 0.29) is 5.92 Å². The summed E-state index contributed by atoms with van der Waals surface area (Å²) < 4.78 is 0.924. The van der Waals surface area contributed by atoms with E-state index in [9.17, 15) is 4.79 Å². The van der Waals surface area contributed by atoms with Gasteiger partial charge in [0.05, 0.1) is 11.6 Å². The molecule has 0 aliphatic heterocycles. The number of carboxylic acids is 1. The van der Waals surface area contributed by atoms with Crippen LogP contribution in [0, 0.1) is 12.8 Å². The van der Waals surface area contributed by atoms with Crippen LogP contribution in [-0.4, -0.2) is 16.1 Å². The Balaban J connectivity index is 2.78. The fraction of sp³-hybridized carbons (Fsp3) is 0.400. The fourth-order valence-corrected chi connectivity index (χ4v) is 1.49. The summed E-state index contributed by atoms with van der Waals surface area (Å²) in [5.74, 6) is -1.15. The van der Waals surface area contributed by atoms with Gasteiger partial charge in [-0.25, -0.2) is 0 Å². The van der Waals surface area contributed by atoms with Gasteiger partial charge in [0.2, 0.25) is 0 Å². The number of halogens is 1. The van der Waals surface area contributed by atoms with E-state index in [0.717, 1.165) is 15.7 Å². The zero-order chi connectivity index (χ0) is 10.7. The Labute approximate surface area is 91.3 Å². The second kappa shape index (κ2) is 4.55. The average Bonchev–Trinajstić information content (AvgIpc) is 2.11. The molecule has 1 atom stereocenters. The molecule has 0 amide bonds. The lowest BCUT2D eigenvalue weighted by atomic mass is 10.0. The third-order valence-corrected chi connectivity index (χ3v) is 2.85. The topological polar surface area (TPSA) is 50.2 Å². The van der Waals surface area contributed by atoms with Crippen molar-refractivity contribution in [3.63, 3.8) is 0 Å². The second-order valence-electron chi connectivity index (χ2n) is 3.35. The number of nitrogens with zero attached hydrogens (tertiary/aromatic N) is 1. The Hall–Kier alpha value is -0.900. The van der Waals surface area contributed by atoms with Gasteiger partial charge in [0.25, 0.3) is 0 Å². The van der Waals surface area contributed by atoms with Crippen molar-refractivity contribution in [2.45, 2.75) is 20.3 Å². The van der Waals surface area contributed by atoms with Crippen LogP contribution in [0.5, 0.6) is 0 Å². The Bertz CT molecular complexity index is 352. The number of carbonyl (C=O) groups is 1. The van der Waals surface area contributed by atoms with Gasteiger partial charge in [0, 0.05) is 10.7 Å². The molecule has 1 aromatic heterocycles. The Morgan fingerprint density at radius 2 is 2.36 bits per heavy atom. The Morgan fingerprint density at radius 1 is 1.71 bits per heavy atom. The summed E-state index contributed by atoms with van der Waals surface area (Å²) in [6.45, 7) is 3.59. The highest BCUT2D eigenvalue weighted by Gasteiger charge is 2.12. The maximum absolute atomic E-state index is 10.6. The second-order valence-corrected chi connectivity index (χ2v) is 4.21. The number of pyridine rings is 1. The first kappa shape index (κ1) is 11.2. The molecular weight excluding hydrogens is 246 g/mol. The third kappa shape index (κ3) is 2.80. The van der Waals surface area contributed by atoms with Gasteiger partial charge in [-0.1, -0.05) is 6.92 Å². The van der Waals surface area contributed by atoms with Crippen molar-refractivity contribution in [1.82, 2.24) is 4.98 Å². The number of carboxylic acid groups (broad SMARTS) is 1. The molecule has 0 radical (unpaired) electrons. The summed E-state index contributed by atoms with van der Waals surface area (Å²) in [6.07, 6.45) is 2.24. The van der Waals surface area contributed by atoms with Gasteiger partial charge < -0.3 is 5.11 Å². The van der Waals surface area contributed by atoms with E-state index >= 15 is 0 Å². The van der Waals surface area contributed by atoms with Crippen LogP contribution in [0.25, 0.3) is 0 Å². The zero-order valence-corrected chi connectivity index (χ0v) is 9.71. The maximum Gasteiger partial charge on any atom is 0.306 e. The normalized spacial score (nSPS) is 12.5. The first-order chi connectivity index (χ1) is 6.50. The van der Waals surface area contributed by atoms with Crippen LogP contribution in [0.15, 0.2) is 16.7 Å². The van der Waals surface area contributed by atoms with Crippen molar-refractivity contribution in [3.05, 3.63) is 28.0 Å². The molecule has 0 fully saturated rings. The summed E-state index contributed by atoms with van der Waals surface area (Å²) in [7, 11) is 0. The molecule has 1 heterocycles. The first-order valence-corrected chi connectivity index (χ1v) is 5.14. The van der Waals surface area contributed by atoms with E-state index in [2.05, 4.69) is 20.9 Å². The number of aromatic nitrogens is 1. The quantitative estimate of drug-likeness (QED) is 0.905. The van der Waals surface area contributed by atoms with E-state index in [1.54, 1.807) is 13.1 Å². The molecule has 0 saturated carbocycles. The monoisotopic (exact) mass is 257 g/mol. The minimum Gasteiger partial charge on any atom is -0.481 e. The SMILES string of the molecule is Cc1ncc(CC(C)C(=O)O)cc1Br. The van der Waals surface area contributed by atoms with Crippen molar-refractivity contribution in [2.24, 2.45) is 5.92 Å². The van der Waals surface area contributed by atoms with Crippen molar-refractivity contribution in [2.75, 3.05) is 0 Å². The van der Waals surface area contributed by atoms with Gasteiger partial charge >= 0.3 is 5.97 Å². The molecule has 76 valence electrons. The number of aryl methyl sites for hydroxylation is 1. The van der Waals surface area contributed by atoms with Crippen molar-refractivity contribution >= 4 is 21.9 Å². The van der Waals surface area contributed by atoms with Gasteiger partial charge in [0.15, 0.2) is 0 Å². The molecule has 0 aliphatic rings. The summed E-state index contributed by atoms with van der Waals surface area (Å²) in [4.78, 5) is 14.8. The summed E-state index contributed by atoms with van der Waals surface area (Å²) >= 11 is 3.36. The number of rotatable bonds is 3. The first-order valence-electron chi connectivity index (χ1n) is 4.34. The number of hydrogen-bond donors (Lipinski definition) is 1. The lowest BCUT2D eigenvalue weighted by Gasteiger charge is -2.06. The molecule has 4 heteroatoms. The van der Waals surface area contributed by atoms with Crippen molar-refractivity contribution < 1.29 is 9.90 Å². The highest BCUT2D eigenvalue weighted by Crippen LogP contribution is 2.17. The van der Waals surface area contributed by atoms with E-state index in [1.165, 1.54) is 0 Å². The van der Waals surface area contributed by atoms with E-state index in [4.69, 9.17) is 5.11 Å². The lowest BCUT2D eigenvalue weighted by Crippen LogP contribution is -2.12. The van der Waals surface area contributed by atoms with Gasteiger partial charge in [-0.2, -0.15) is 0 Å². The zero-order valence-electron chi connectivity index (χ0n) is 8.12. The van der Waals surface area contributed by atoms with Crippen LogP contribution in [0.2, 0.25) is 0 Å². The molecule has 0 saturated heterocycles. The highest BCUT2D eigenvalue weighted by atomic mass is 79.9. The summed E-state index contributed by atoms with van der Waals surface area (Å²) in [6, 6.07) is 1.92. The van der Waals surface area contributed by atoms with E-state index in [0.29, 0.717) is 6.42 Å². The molecule has 1 rings (SSSR count). The van der Waals surface area contributed by atoms with E-state index < -0.39 is 5.97 Å². The molecular formula is C10H12BrNO2. The van der Waals surface area contributed by atoms with Crippen LogP contribution in [0.3, 0.4) is 0 Å². The predicted molar refractivity (Wildman–Crippen MR) is 57.2 cm³/mol. The molecule has 0 aliphatic carbocycles. The molecule has 0 spiro atoms. The van der Waals surface area contributed by atoms with Gasteiger partial charge in [-0.3, -0.25) is 9.78 Å². The minimum atomic E-state index is -0.776. The minimum absolute atomic E-state index is 0.369. The summed E-state index contributed by atoms with van der Waals surface area (Å²) in [5.41, 5.74) is 1.86. The Kier molecular flexibility index (Phi) is 3.63. The van der Waals surface area contributed by atoms with Crippen LogP contribution >= 0.6 is 15.9 Å². The Morgan fingerprint density at radius 3 is 2.86 bits per heavy atom. The maximum atomic E-state index is 10.6. The van der Waals surface area contributed by atoms with Gasteiger partial charge in [-0.15, -0.1) is 0 Å². The average molecular weight is 258 g/mol. The molecule has 3 nitrogen and oxygen atoms in total. The van der Waals surface area contributed by atoms with Crippen LogP contribution in [-0.2, 0) is 11.2 Å². The standard InChI is InChI=1S/C10H12BrNO2/c1-6(10(13)14)3-8-4-9(11)7(2)12-5-8/h4-6H,3H2,1-2H3,(H,13,14). The molecule has 1 aromatic rings. The number of aliphatic carboxylic acids is 1. The summed E-state index contributed by atoms with van der Waals surface area (Å²) in [5, 5.41) is 8.74. The molecule has 0 bridgehead atoms.